The molecule has 0 aliphatic rings. The van der Waals surface area contributed by atoms with Crippen molar-refractivity contribution in [1.29, 1.82) is 0 Å². The van der Waals surface area contributed by atoms with Crippen LogP contribution in [0.4, 0.5) is 5.82 Å². The van der Waals surface area contributed by atoms with Crippen LogP contribution in [0.3, 0.4) is 0 Å². The maximum atomic E-state index is 11.9. The molecule has 3 aromatic heterocycles. The number of hydrogen-bond acceptors (Lipinski definition) is 7. The van der Waals surface area contributed by atoms with E-state index in [-0.39, 0.29) is 6.54 Å². The third-order valence-electron chi connectivity index (χ3n) is 3.05. The summed E-state index contributed by atoms with van der Waals surface area (Å²) in [5.74, 6) is 6.36. The first-order valence-corrected chi connectivity index (χ1v) is 6.95. The monoisotopic (exact) mass is 304 g/mol. The highest BCUT2D eigenvalue weighted by molar-refractivity contribution is 7.16. The average molecular weight is 304 g/mol. The molecule has 9 heteroatoms. The van der Waals surface area contributed by atoms with Gasteiger partial charge in [-0.25, -0.2) is 15.8 Å². The molecule has 0 atom stereocenters. The maximum Gasteiger partial charge on any atom is 0.316 e. The first kappa shape index (κ1) is 13.5. The van der Waals surface area contributed by atoms with Gasteiger partial charge in [0.2, 0.25) is 0 Å². The Morgan fingerprint density at radius 3 is 2.86 bits per heavy atom. The van der Waals surface area contributed by atoms with E-state index in [4.69, 9.17) is 5.84 Å². The van der Waals surface area contributed by atoms with Crippen LogP contribution in [0, 0.1) is 0 Å². The molecule has 0 saturated heterocycles. The minimum Gasteiger partial charge on any atom is -0.312 e. The molecule has 108 valence electrons. The lowest BCUT2D eigenvalue weighted by molar-refractivity contribution is 0.673. The van der Waals surface area contributed by atoms with Gasteiger partial charge in [0.25, 0.3) is 0 Å². The molecule has 0 aliphatic carbocycles. The van der Waals surface area contributed by atoms with Crippen molar-refractivity contribution in [3.63, 3.8) is 0 Å². The molecule has 0 aliphatic heterocycles. The van der Waals surface area contributed by atoms with Gasteiger partial charge in [0.1, 0.15) is 4.83 Å². The van der Waals surface area contributed by atoms with Gasteiger partial charge in [0, 0.05) is 19.4 Å². The van der Waals surface area contributed by atoms with Crippen LogP contribution in [0.1, 0.15) is 5.82 Å². The van der Waals surface area contributed by atoms with Gasteiger partial charge in [-0.15, -0.1) is 11.3 Å². The van der Waals surface area contributed by atoms with Crippen LogP contribution >= 0.6 is 11.3 Å². The molecule has 0 aromatic carbocycles. The third kappa shape index (κ3) is 2.32. The lowest BCUT2D eigenvalue weighted by atomic mass is 10.4. The fourth-order valence-corrected chi connectivity index (χ4v) is 2.73. The number of nitrogens with two attached hydrogens (primary N) is 1. The summed E-state index contributed by atoms with van der Waals surface area (Å²) < 4.78 is 2.51. The van der Waals surface area contributed by atoms with Gasteiger partial charge in [-0.1, -0.05) is 0 Å². The molecule has 8 nitrogen and oxygen atoms in total. The summed E-state index contributed by atoms with van der Waals surface area (Å²) in [5.41, 5.74) is 1.32. The van der Waals surface area contributed by atoms with Crippen LogP contribution in [-0.4, -0.2) is 19.1 Å². The Bertz CT molecular complexity index is 925. The van der Waals surface area contributed by atoms with Crippen LogP contribution in [0.2, 0.25) is 0 Å². The Labute approximate surface area is 122 Å². The standard InChI is InChI=1S/C12H12N6O2S/c1-17-3-4-18(12(20)11(17)19)6-8-14-9(16-13)7-2-5-21-10(7)15-8/h2-5H,6,13H2,1H3,(H,14,15,16). The van der Waals surface area contributed by atoms with Crippen molar-refractivity contribution in [2.75, 3.05) is 5.43 Å². The van der Waals surface area contributed by atoms with Gasteiger partial charge in [0.15, 0.2) is 11.6 Å². The van der Waals surface area contributed by atoms with Crippen molar-refractivity contribution >= 4 is 27.4 Å². The summed E-state index contributed by atoms with van der Waals surface area (Å²) >= 11 is 1.45. The fraction of sp³-hybridized carbons (Fsp3) is 0.167. The van der Waals surface area contributed by atoms with Crippen LogP contribution in [0.15, 0.2) is 33.4 Å². The van der Waals surface area contributed by atoms with Crippen molar-refractivity contribution in [2.45, 2.75) is 6.54 Å². The topological polar surface area (TPSA) is 108 Å². The lowest BCUT2D eigenvalue weighted by Gasteiger charge is -2.07. The molecule has 0 saturated carbocycles. The first-order chi connectivity index (χ1) is 10.1. The number of thiophene rings is 1. The average Bonchev–Trinajstić information content (AvgIpc) is 2.95. The van der Waals surface area contributed by atoms with Crippen molar-refractivity contribution in [3.8, 4) is 0 Å². The molecule has 0 fully saturated rings. The zero-order valence-electron chi connectivity index (χ0n) is 11.1. The molecule has 3 rings (SSSR count). The van der Waals surface area contributed by atoms with Gasteiger partial charge < -0.3 is 14.6 Å². The van der Waals surface area contributed by atoms with E-state index < -0.39 is 11.1 Å². The van der Waals surface area contributed by atoms with Gasteiger partial charge in [-0.05, 0) is 11.4 Å². The smallest absolute Gasteiger partial charge is 0.312 e. The SMILES string of the molecule is Cn1ccn(Cc2nc(NN)c3ccsc3n2)c(=O)c1=O. The van der Waals surface area contributed by atoms with E-state index >= 15 is 0 Å². The van der Waals surface area contributed by atoms with Crippen molar-refractivity contribution in [1.82, 2.24) is 19.1 Å². The summed E-state index contributed by atoms with van der Waals surface area (Å²) in [6.45, 7) is 0.109. The number of aromatic nitrogens is 4. The second kappa shape index (κ2) is 5.11. The van der Waals surface area contributed by atoms with E-state index in [1.54, 1.807) is 0 Å². The molecule has 3 N–H and O–H groups in total. The Kier molecular flexibility index (Phi) is 3.28. The van der Waals surface area contributed by atoms with Crippen LogP contribution in [0.25, 0.3) is 10.2 Å². The van der Waals surface area contributed by atoms with E-state index in [0.29, 0.717) is 11.6 Å². The predicted octanol–water partition coefficient (Wildman–Crippen LogP) is -0.114. The predicted molar refractivity (Wildman–Crippen MR) is 80.3 cm³/mol. The largest absolute Gasteiger partial charge is 0.316 e. The molecule has 3 aromatic rings. The van der Waals surface area contributed by atoms with Crippen molar-refractivity contribution < 1.29 is 0 Å². The number of fused-ring (bicyclic) bond motifs is 1. The van der Waals surface area contributed by atoms with E-state index in [9.17, 15) is 9.59 Å². The molecule has 0 spiro atoms. The molecule has 0 amide bonds. The number of nitrogens with zero attached hydrogens (tertiary/aromatic N) is 4. The van der Waals surface area contributed by atoms with Crippen LogP contribution in [0.5, 0.6) is 0 Å². The number of rotatable bonds is 3. The van der Waals surface area contributed by atoms with Crippen LogP contribution in [-0.2, 0) is 13.6 Å². The Balaban J connectivity index is 2.08. The molecule has 0 radical (unpaired) electrons. The highest BCUT2D eigenvalue weighted by atomic mass is 32.1. The van der Waals surface area contributed by atoms with E-state index in [0.717, 1.165) is 10.2 Å². The van der Waals surface area contributed by atoms with Gasteiger partial charge in [-0.3, -0.25) is 9.59 Å². The summed E-state index contributed by atoms with van der Waals surface area (Å²) in [4.78, 5) is 32.9. The number of nitrogens with one attached hydrogen (secondary N) is 1. The number of aryl methyl sites for hydroxylation is 1. The molecular formula is C12H12N6O2S. The summed E-state index contributed by atoms with van der Waals surface area (Å²) in [5, 5.41) is 2.71. The summed E-state index contributed by atoms with van der Waals surface area (Å²) in [6, 6.07) is 1.86. The molecular weight excluding hydrogens is 292 g/mol. The zero-order valence-corrected chi connectivity index (χ0v) is 11.9. The normalized spacial score (nSPS) is 11.0. The lowest BCUT2D eigenvalue weighted by Crippen LogP contribution is -2.39. The first-order valence-electron chi connectivity index (χ1n) is 6.07. The number of hydrazine groups is 1. The Morgan fingerprint density at radius 1 is 1.29 bits per heavy atom. The number of nitrogen functional groups attached to an aromatic ring is 1. The van der Waals surface area contributed by atoms with Gasteiger partial charge >= 0.3 is 11.1 Å². The Morgan fingerprint density at radius 2 is 2.10 bits per heavy atom. The fourth-order valence-electron chi connectivity index (χ4n) is 1.95. The Hall–Kier alpha value is -2.52. The quantitative estimate of drug-likeness (QED) is 0.397. The van der Waals surface area contributed by atoms with Crippen molar-refractivity contribution in [3.05, 3.63) is 50.4 Å². The van der Waals surface area contributed by atoms with E-state index in [2.05, 4.69) is 15.4 Å². The highest BCUT2D eigenvalue weighted by Crippen LogP contribution is 2.24. The summed E-state index contributed by atoms with van der Waals surface area (Å²) in [7, 11) is 1.53. The number of hydrogen-bond donors (Lipinski definition) is 2. The third-order valence-corrected chi connectivity index (χ3v) is 3.86. The van der Waals surface area contributed by atoms with Gasteiger partial charge in [0.05, 0.1) is 11.9 Å². The number of anilines is 1. The van der Waals surface area contributed by atoms with Gasteiger partial charge in [-0.2, -0.15) is 0 Å². The highest BCUT2D eigenvalue weighted by Gasteiger charge is 2.10. The second-order valence-electron chi connectivity index (χ2n) is 4.42. The van der Waals surface area contributed by atoms with Crippen molar-refractivity contribution in [2.24, 2.45) is 12.9 Å². The molecule has 21 heavy (non-hydrogen) atoms. The van der Waals surface area contributed by atoms with E-state index in [1.807, 2.05) is 11.4 Å². The van der Waals surface area contributed by atoms with E-state index in [1.165, 1.54) is 39.9 Å². The minimum absolute atomic E-state index is 0.109. The zero-order chi connectivity index (χ0) is 15.0. The summed E-state index contributed by atoms with van der Waals surface area (Å²) in [6.07, 6.45) is 3.05. The molecule has 0 unspecified atom stereocenters. The second-order valence-corrected chi connectivity index (χ2v) is 5.31. The molecule has 3 heterocycles. The molecule has 0 bridgehead atoms. The minimum atomic E-state index is -0.614. The maximum absolute atomic E-state index is 11.9. The van der Waals surface area contributed by atoms with Crippen LogP contribution < -0.4 is 22.4 Å².